The molecule has 1 aliphatic rings. The zero-order valence-electron chi connectivity index (χ0n) is 12.5. The molecule has 1 saturated heterocycles. The molecule has 0 radical (unpaired) electrons. The first-order chi connectivity index (χ1) is 8.89. The van der Waals surface area contributed by atoms with Crippen LogP contribution in [0.2, 0.25) is 0 Å². The molecule has 1 aliphatic heterocycles. The van der Waals surface area contributed by atoms with Crippen LogP contribution >= 0.6 is 0 Å². The first kappa shape index (κ1) is 16.0. The van der Waals surface area contributed by atoms with E-state index in [0.29, 0.717) is 25.5 Å². The second-order valence-corrected chi connectivity index (χ2v) is 5.78. The molecule has 0 spiro atoms. The van der Waals surface area contributed by atoms with Gasteiger partial charge in [0.15, 0.2) is 0 Å². The van der Waals surface area contributed by atoms with Crippen molar-refractivity contribution in [3.8, 4) is 0 Å². The van der Waals surface area contributed by atoms with Gasteiger partial charge < -0.3 is 15.0 Å². The van der Waals surface area contributed by atoms with Crippen molar-refractivity contribution < 1.29 is 14.3 Å². The summed E-state index contributed by atoms with van der Waals surface area (Å²) in [7, 11) is 0. The highest BCUT2D eigenvalue weighted by Crippen LogP contribution is 2.17. The lowest BCUT2D eigenvalue weighted by molar-refractivity contribution is -0.149. The Morgan fingerprint density at radius 3 is 2.68 bits per heavy atom. The summed E-state index contributed by atoms with van der Waals surface area (Å²) >= 11 is 0. The Hall–Kier alpha value is -1.10. The van der Waals surface area contributed by atoms with Crippen LogP contribution in [0.1, 0.15) is 40.5 Å². The number of amides is 2. The molecular formula is C14H26N2O3. The van der Waals surface area contributed by atoms with Crippen LogP contribution in [0.3, 0.4) is 0 Å². The molecule has 1 heterocycles. The lowest BCUT2D eigenvalue weighted by atomic mass is 9.94. The molecule has 1 fully saturated rings. The normalized spacial score (nSPS) is 23.9. The van der Waals surface area contributed by atoms with Crippen molar-refractivity contribution in [1.82, 2.24) is 10.2 Å². The number of carbonyl (C=O) groups is 2. The van der Waals surface area contributed by atoms with Crippen LogP contribution in [0.15, 0.2) is 0 Å². The Kier molecular flexibility index (Phi) is 5.79. The van der Waals surface area contributed by atoms with Gasteiger partial charge in [-0.1, -0.05) is 20.8 Å². The van der Waals surface area contributed by atoms with E-state index in [4.69, 9.17) is 4.74 Å². The van der Waals surface area contributed by atoms with Gasteiger partial charge in [-0.15, -0.1) is 0 Å². The molecule has 19 heavy (non-hydrogen) atoms. The summed E-state index contributed by atoms with van der Waals surface area (Å²) in [4.78, 5) is 25.5. The summed E-state index contributed by atoms with van der Waals surface area (Å²) in [6.07, 6.45) is 1.38. The van der Waals surface area contributed by atoms with E-state index < -0.39 is 5.54 Å². The van der Waals surface area contributed by atoms with Crippen LogP contribution < -0.4 is 5.32 Å². The summed E-state index contributed by atoms with van der Waals surface area (Å²) < 4.78 is 5.49. The molecular weight excluding hydrogens is 244 g/mol. The van der Waals surface area contributed by atoms with Crippen molar-refractivity contribution in [2.24, 2.45) is 5.92 Å². The van der Waals surface area contributed by atoms with Crippen molar-refractivity contribution in [2.75, 3.05) is 26.3 Å². The van der Waals surface area contributed by atoms with Gasteiger partial charge in [0, 0.05) is 19.8 Å². The lowest BCUT2D eigenvalue weighted by Crippen LogP contribution is -2.65. The Balaban J connectivity index is 2.40. The highest BCUT2D eigenvalue weighted by atomic mass is 16.5. The summed E-state index contributed by atoms with van der Waals surface area (Å²) in [6.45, 7) is 10.0. The van der Waals surface area contributed by atoms with Crippen molar-refractivity contribution in [3.63, 3.8) is 0 Å². The van der Waals surface area contributed by atoms with E-state index in [1.807, 2.05) is 6.92 Å². The van der Waals surface area contributed by atoms with Gasteiger partial charge in [0.25, 0.3) is 0 Å². The number of nitrogens with zero attached hydrogens (tertiary/aromatic N) is 1. The number of hydrogen-bond acceptors (Lipinski definition) is 3. The monoisotopic (exact) mass is 270 g/mol. The molecule has 5 heteroatoms. The second kappa shape index (κ2) is 6.89. The Bertz CT molecular complexity index is 331. The number of carbonyl (C=O) groups excluding carboxylic acids is 2. The van der Waals surface area contributed by atoms with Gasteiger partial charge >= 0.3 is 0 Å². The molecule has 0 aromatic carbocycles. The maximum atomic E-state index is 12.3. The third-order valence-electron chi connectivity index (χ3n) is 3.38. The highest BCUT2D eigenvalue weighted by molar-refractivity contribution is 5.97. The minimum Gasteiger partial charge on any atom is -0.381 e. The number of nitrogens with one attached hydrogen (secondary N) is 1. The van der Waals surface area contributed by atoms with E-state index in [2.05, 4.69) is 19.2 Å². The number of rotatable bonds is 7. The van der Waals surface area contributed by atoms with Crippen LogP contribution in [0.5, 0.6) is 0 Å². The van der Waals surface area contributed by atoms with Gasteiger partial charge in [0.2, 0.25) is 11.8 Å². The molecule has 1 unspecified atom stereocenters. The average Bonchev–Trinajstić information content (AvgIpc) is 2.34. The molecule has 0 aromatic heterocycles. The zero-order valence-corrected chi connectivity index (χ0v) is 12.5. The molecule has 0 aliphatic carbocycles. The highest BCUT2D eigenvalue weighted by Gasteiger charge is 2.41. The van der Waals surface area contributed by atoms with Crippen LogP contribution in [0, 0.1) is 5.92 Å². The predicted molar refractivity (Wildman–Crippen MR) is 73.7 cm³/mol. The zero-order chi connectivity index (χ0) is 14.5. The SMILES string of the molecule is CCC1(C)NC(=O)CN(CCCOCC(C)C)C1=O. The van der Waals surface area contributed by atoms with Crippen molar-refractivity contribution in [3.05, 3.63) is 0 Å². The third kappa shape index (κ3) is 4.49. The number of piperazine rings is 1. The fourth-order valence-corrected chi connectivity index (χ4v) is 2.09. The molecule has 110 valence electrons. The minimum atomic E-state index is -0.742. The van der Waals surface area contributed by atoms with Gasteiger partial charge in [-0.3, -0.25) is 9.59 Å². The molecule has 1 atom stereocenters. The maximum Gasteiger partial charge on any atom is 0.248 e. The topological polar surface area (TPSA) is 58.6 Å². The lowest BCUT2D eigenvalue weighted by Gasteiger charge is -2.39. The van der Waals surface area contributed by atoms with E-state index in [1.54, 1.807) is 11.8 Å². The Labute approximate surface area is 115 Å². The second-order valence-electron chi connectivity index (χ2n) is 5.78. The average molecular weight is 270 g/mol. The fraction of sp³-hybridized carbons (Fsp3) is 0.857. The smallest absolute Gasteiger partial charge is 0.248 e. The predicted octanol–water partition coefficient (Wildman–Crippen LogP) is 1.18. The first-order valence-electron chi connectivity index (χ1n) is 7.07. The van der Waals surface area contributed by atoms with Crippen LogP contribution in [0.25, 0.3) is 0 Å². The Morgan fingerprint density at radius 1 is 1.42 bits per heavy atom. The summed E-state index contributed by atoms with van der Waals surface area (Å²) in [5.41, 5.74) is -0.742. The van der Waals surface area contributed by atoms with Crippen LogP contribution in [0.4, 0.5) is 0 Å². The van der Waals surface area contributed by atoms with Crippen LogP contribution in [-0.4, -0.2) is 48.6 Å². The molecule has 5 nitrogen and oxygen atoms in total. The van der Waals surface area contributed by atoms with E-state index in [9.17, 15) is 9.59 Å². The summed E-state index contributed by atoms with van der Waals surface area (Å²) in [5.74, 6) is 0.455. The van der Waals surface area contributed by atoms with Gasteiger partial charge in [0.05, 0.1) is 6.54 Å². The van der Waals surface area contributed by atoms with E-state index >= 15 is 0 Å². The first-order valence-corrected chi connectivity index (χ1v) is 7.07. The molecule has 1 N–H and O–H groups in total. The summed E-state index contributed by atoms with van der Waals surface area (Å²) in [5, 5.41) is 2.78. The van der Waals surface area contributed by atoms with Crippen LogP contribution in [-0.2, 0) is 14.3 Å². The minimum absolute atomic E-state index is 0.0125. The van der Waals surface area contributed by atoms with Crippen molar-refractivity contribution >= 4 is 11.8 Å². The number of ether oxygens (including phenoxy) is 1. The van der Waals surface area contributed by atoms with Crippen molar-refractivity contribution in [2.45, 2.75) is 46.1 Å². The molecule has 0 aromatic rings. The van der Waals surface area contributed by atoms with Gasteiger partial charge in [-0.2, -0.15) is 0 Å². The molecule has 0 saturated carbocycles. The largest absolute Gasteiger partial charge is 0.381 e. The summed E-state index contributed by atoms with van der Waals surface area (Å²) in [6, 6.07) is 0. The Morgan fingerprint density at radius 2 is 2.11 bits per heavy atom. The third-order valence-corrected chi connectivity index (χ3v) is 3.38. The fourth-order valence-electron chi connectivity index (χ4n) is 2.09. The van der Waals surface area contributed by atoms with E-state index in [-0.39, 0.29) is 18.4 Å². The maximum absolute atomic E-state index is 12.3. The molecule has 2 amide bonds. The standard InChI is InChI=1S/C14H26N2O3/c1-5-14(4)13(18)16(9-12(17)15-14)7-6-8-19-10-11(2)3/h11H,5-10H2,1-4H3,(H,15,17). The quantitative estimate of drug-likeness (QED) is 0.707. The molecule has 1 rings (SSSR count). The molecule has 0 bridgehead atoms. The van der Waals surface area contributed by atoms with Gasteiger partial charge in [0.1, 0.15) is 5.54 Å². The number of hydrogen-bond donors (Lipinski definition) is 1. The van der Waals surface area contributed by atoms with E-state index in [1.165, 1.54) is 0 Å². The van der Waals surface area contributed by atoms with Gasteiger partial charge in [-0.25, -0.2) is 0 Å². The van der Waals surface area contributed by atoms with Gasteiger partial charge in [-0.05, 0) is 25.7 Å². The van der Waals surface area contributed by atoms with Crippen molar-refractivity contribution in [1.29, 1.82) is 0 Å². The van der Waals surface area contributed by atoms with E-state index in [0.717, 1.165) is 13.0 Å².